The van der Waals surface area contributed by atoms with Crippen LogP contribution in [0.15, 0.2) is 109 Å². The first-order valence-corrected chi connectivity index (χ1v) is 33.8. The summed E-state index contributed by atoms with van der Waals surface area (Å²) in [4.78, 5) is 0. The van der Waals surface area contributed by atoms with E-state index in [2.05, 4.69) is 168 Å². The number of halogens is 2. The number of methoxy groups -OCH3 is 2. The summed E-state index contributed by atoms with van der Waals surface area (Å²) in [5, 5.41) is 1.18. The van der Waals surface area contributed by atoms with E-state index in [0.29, 0.717) is 95.3 Å². The molecule has 0 aliphatic carbocycles. The van der Waals surface area contributed by atoms with Crippen molar-refractivity contribution < 1.29 is 28.4 Å². The minimum absolute atomic E-state index is 0.547. The van der Waals surface area contributed by atoms with Crippen molar-refractivity contribution in [2.75, 3.05) is 40.6 Å². The van der Waals surface area contributed by atoms with Gasteiger partial charge in [-0.3, -0.25) is 0 Å². The lowest BCUT2D eigenvalue weighted by Gasteiger charge is -2.23. The first-order chi connectivity index (χ1) is 41.3. The Morgan fingerprint density at radius 3 is 0.698 bits per heavy atom. The molecule has 0 saturated carbocycles. The van der Waals surface area contributed by atoms with Crippen molar-refractivity contribution in [3.05, 3.63) is 119 Å². The molecule has 86 heavy (non-hydrogen) atoms. The molecule has 0 amide bonds. The number of ether oxygens (including phenoxy) is 6. The average Bonchev–Trinajstić information content (AvgIpc) is 0.866. The predicted octanol–water partition coefficient (Wildman–Crippen LogP) is 24.3. The van der Waals surface area contributed by atoms with Gasteiger partial charge in [-0.2, -0.15) is 0 Å². The molecule has 0 fully saturated rings. The van der Waals surface area contributed by atoms with E-state index in [-0.39, 0.29) is 0 Å². The fourth-order valence-corrected chi connectivity index (χ4v) is 12.1. The van der Waals surface area contributed by atoms with Gasteiger partial charge in [-0.1, -0.05) is 208 Å². The third kappa shape index (κ3) is 22.7. The van der Waals surface area contributed by atoms with Crippen molar-refractivity contribution in [2.45, 2.75) is 186 Å². The van der Waals surface area contributed by atoms with Crippen LogP contribution in [0.2, 0.25) is 10.0 Å². The quantitative estimate of drug-likeness (QED) is 0.0383. The zero-order valence-corrected chi connectivity index (χ0v) is 56.9. The fraction of sp³-hybridized carbons (Fsp3) is 0.538. The lowest BCUT2D eigenvalue weighted by atomic mass is 9.84. The Hall–Kier alpha value is -5.30. The van der Waals surface area contributed by atoms with Crippen LogP contribution in [0.1, 0.15) is 186 Å². The molecule has 0 aromatic heterocycles. The van der Waals surface area contributed by atoms with Gasteiger partial charge in [0.05, 0.1) is 50.7 Å². The van der Waals surface area contributed by atoms with Crippen LogP contribution >= 0.6 is 23.2 Å². The Morgan fingerprint density at radius 2 is 0.477 bits per heavy atom. The molecule has 8 heteroatoms. The van der Waals surface area contributed by atoms with E-state index in [4.69, 9.17) is 51.6 Å². The van der Waals surface area contributed by atoms with E-state index >= 15 is 0 Å². The van der Waals surface area contributed by atoms with Crippen LogP contribution in [-0.4, -0.2) is 40.6 Å². The molecule has 0 N–H and O–H groups in total. The van der Waals surface area contributed by atoms with Gasteiger partial charge >= 0.3 is 0 Å². The SMILES string of the molecule is COc1ccc(-c2ccc(OCCC(C)CCCC(C)C)cc2-c2cc(OCCC(C)CCCC(C)C)ccc2-c2ccc(OCCC(C)CCCC(C)C)cc2-c2cc(OCCC(C)CCCC(C)C)ccc2-c2ccc(OC)cc2Cl)c(Cl)c1. The summed E-state index contributed by atoms with van der Waals surface area (Å²) < 4.78 is 38.6. The molecule has 0 heterocycles. The van der Waals surface area contributed by atoms with Crippen molar-refractivity contribution in [3.8, 4) is 90.1 Å². The van der Waals surface area contributed by atoms with Crippen LogP contribution in [0.3, 0.4) is 0 Å². The van der Waals surface area contributed by atoms with E-state index in [0.717, 1.165) is 104 Å². The molecule has 0 aliphatic rings. The van der Waals surface area contributed by atoms with Gasteiger partial charge in [-0.15, -0.1) is 0 Å². The second-order valence-electron chi connectivity index (χ2n) is 26.8. The monoisotopic (exact) mass is 1210 g/mol. The fourth-order valence-electron chi connectivity index (χ4n) is 11.6. The van der Waals surface area contributed by atoms with Gasteiger partial charge in [0, 0.05) is 11.1 Å². The molecule has 6 aromatic rings. The van der Waals surface area contributed by atoms with Gasteiger partial charge in [0.1, 0.15) is 34.5 Å². The molecule has 0 aliphatic heterocycles. The Labute approximate surface area is 531 Å². The van der Waals surface area contributed by atoms with Gasteiger partial charge < -0.3 is 28.4 Å². The summed E-state index contributed by atoms with van der Waals surface area (Å²) in [6, 6.07) is 38.0. The molecule has 6 rings (SSSR count). The molecule has 6 aromatic carbocycles. The Bertz CT molecular complexity index is 2760. The lowest BCUT2D eigenvalue weighted by molar-refractivity contribution is 0.275. The molecule has 0 saturated heterocycles. The summed E-state index contributed by atoms with van der Waals surface area (Å²) in [6.07, 6.45) is 18.5. The molecule has 4 unspecified atom stereocenters. The van der Waals surface area contributed by atoms with Gasteiger partial charge in [-0.05, 0) is 202 Å². The highest BCUT2D eigenvalue weighted by Crippen LogP contribution is 2.49. The number of hydrogen-bond donors (Lipinski definition) is 0. The van der Waals surface area contributed by atoms with Crippen molar-refractivity contribution in [3.63, 3.8) is 0 Å². The summed E-state index contributed by atoms with van der Waals surface area (Å²) in [6.45, 7) is 30.3. The lowest BCUT2D eigenvalue weighted by Crippen LogP contribution is -2.06. The van der Waals surface area contributed by atoms with Crippen molar-refractivity contribution >= 4 is 23.2 Å². The van der Waals surface area contributed by atoms with Crippen LogP contribution in [0.4, 0.5) is 0 Å². The Balaban J connectivity index is 1.57. The Kier molecular flexibility index (Phi) is 29.4. The van der Waals surface area contributed by atoms with E-state index in [1.807, 2.05) is 24.3 Å². The molecule has 6 nitrogen and oxygen atoms in total. The highest BCUT2D eigenvalue weighted by atomic mass is 35.5. The smallest absolute Gasteiger partial charge is 0.120 e. The molecular formula is C78H108Cl2O6. The van der Waals surface area contributed by atoms with E-state index < -0.39 is 0 Å². The van der Waals surface area contributed by atoms with Crippen LogP contribution in [-0.2, 0) is 0 Å². The highest BCUT2D eigenvalue weighted by molar-refractivity contribution is 6.34. The van der Waals surface area contributed by atoms with Crippen LogP contribution in [0, 0.1) is 47.3 Å². The summed E-state index contributed by atoms with van der Waals surface area (Å²) in [7, 11) is 3.35. The molecule has 0 bridgehead atoms. The van der Waals surface area contributed by atoms with E-state index in [1.54, 1.807) is 14.2 Å². The molecule has 0 spiro atoms. The number of benzene rings is 6. The first-order valence-electron chi connectivity index (χ1n) is 33.1. The van der Waals surface area contributed by atoms with Crippen molar-refractivity contribution in [1.82, 2.24) is 0 Å². The van der Waals surface area contributed by atoms with Crippen LogP contribution in [0.25, 0.3) is 55.6 Å². The number of hydrogen-bond acceptors (Lipinski definition) is 6. The first kappa shape index (κ1) is 69.8. The minimum atomic E-state index is 0.547. The molecule has 4 atom stereocenters. The molecule has 470 valence electrons. The maximum Gasteiger partial charge on any atom is 0.120 e. The van der Waals surface area contributed by atoms with Crippen LogP contribution in [0.5, 0.6) is 34.5 Å². The second-order valence-corrected chi connectivity index (χ2v) is 27.6. The average molecular weight is 1210 g/mol. The van der Waals surface area contributed by atoms with E-state index in [1.165, 1.54) is 77.0 Å². The normalized spacial score (nSPS) is 13.1. The van der Waals surface area contributed by atoms with Gasteiger partial charge in [0.25, 0.3) is 0 Å². The maximum absolute atomic E-state index is 7.31. The maximum atomic E-state index is 7.31. The largest absolute Gasteiger partial charge is 0.497 e. The van der Waals surface area contributed by atoms with Crippen molar-refractivity contribution in [1.29, 1.82) is 0 Å². The topological polar surface area (TPSA) is 55.4 Å². The number of rotatable bonds is 39. The van der Waals surface area contributed by atoms with Crippen LogP contribution < -0.4 is 28.4 Å². The van der Waals surface area contributed by atoms with Gasteiger partial charge in [0.2, 0.25) is 0 Å². The van der Waals surface area contributed by atoms with Crippen molar-refractivity contribution in [2.24, 2.45) is 47.3 Å². The highest BCUT2D eigenvalue weighted by Gasteiger charge is 2.24. The van der Waals surface area contributed by atoms with Gasteiger partial charge in [0.15, 0.2) is 0 Å². The Morgan fingerprint density at radius 1 is 0.256 bits per heavy atom. The second kappa shape index (κ2) is 36.2. The predicted molar refractivity (Wildman–Crippen MR) is 369 cm³/mol. The summed E-state index contributed by atoms with van der Waals surface area (Å²) >= 11 is 14.6. The zero-order valence-electron chi connectivity index (χ0n) is 55.4. The minimum Gasteiger partial charge on any atom is -0.497 e. The zero-order chi connectivity index (χ0) is 62.1. The van der Waals surface area contributed by atoms with Gasteiger partial charge in [-0.25, -0.2) is 0 Å². The molecular weight excluding hydrogens is 1100 g/mol. The van der Waals surface area contributed by atoms with E-state index in [9.17, 15) is 0 Å². The molecule has 0 radical (unpaired) electrons. The summed E-state index contributed by atoms with van der Waals surface area (Å²) in [5.74, 6) is 9.61. The third-order valence-corrected chi connectivity index (χ3v) is 17.8. The third-order valence-electron chi connectivity index (χ3n) is 17.2. The standard InChI is InChI=1S/C78H108Cl2O6/c1-53(2)19-15-23-57(9)39-43-83-63-29-33-67(73(47-63)75-49-65(85-45-41-59(11)25-17-21-55(5)6)31-35-69(75)71-37-27-61(81-13)51-77(71)79)68-34-30-64(84-44-40-58(10)24-16-20-54(3)4)48-74(68)76-50-66(86-46-42-60(12)26-18-22-56(7)8)32-36-70(76)72-38-28-62(82-14)52-78(72)80/h27-38,47-60H,15-26,39-46H2,1-14H3. The summed E-state index contributed by atoms with van der Waals surface area (Å²) in [5.41, 5.74) is 9.63.